The second kappa shape index (κ2) is 2.22. The van der Waals surface area contributed by atoms with Crippen LogP contribution in [0.15, 0.2) is 0 Å². The molecule has 1 heterocycles. The molecule has 0 spiro atoms. The van der Waals surface area contributed by atoms with Crippen molar-refractivity contribution in [2.75, 3.05) is 13.1 Å². The first-order chi connectivity index (χ1) is 4.56. The number of nitrogens with two attached hydrogens (primary N) is 1. The van der Waals surface area contributed by atoms with Gasteiger partial charge in [-0.15, -0.1) is 0 Å². The smallest absolute Gasteiger partial charge is 0.103 e. The van der Waals surface area contributed by atoms with Crippen LogP contribution in [0.25, 0.3) is 0 Å². The van der Waals surface area contributed by atoms with E-state index >= 15 is 0 Å². The predicted octanol–water partition coefficient (Wildman–Crippen LogP) is -0.0685. The van der Waals surface area contributed by atoms with Crippen LogP contribution < -0.4 is 5.73 Å². The Hall–Kier alpha value is -0.590. The van der Waals surface area contributed by atoms with Crippen molar-refractivity contribution in [1.82, 2.24) is 4.90 Å². The molecule has 10 heavy (non-hydrogen) atoms. The lowest BCUT2D eigenvalue weighted by atomic mass is 9.98. The van der Waals surface area contributed by atoms with Crippen LogP contribution in [0.3, 0.4) is 0 Å². The molecule has 3 heteroatoms. The Morgan fingerprint density at radius 3 is 2.40 bits per heavy atom. The normalized spacial score (nSPS) is 21.8. The van der Waals surface area contributed by atoms with E-state index in [1.165, 1.54) is 0 Å². The first kappa shape index (κ1) is 7.52. The maximum absolute atomic E-state index is 8.68. The van der Waals surface area contributed by atoms with Gasteiger partial charge in [-0.3, -0.25) is 4.90 Å². The lowest BCUT2D eigenvalue weighted by molar-refractivity contribution is 0.0724. The standard InChI is InChI=1S/C7H13N3/c1-7(2,5-8)10-3-6(9)4-10/h6H,3-4,9H2,1-2H3. The highest BCUT2D eigenvalue weighted by Gasteiger charge is 2.35. The van der Waals surface area contributed by atoms with E-state index in [0.717, 1.165) is 13.1 Å². The Balaban J connectivity index is 2.46. The number of nitrogens with zero attached hydrogens (tertiary/aromatic N) is 2. The molecule has 0 aliphatic carbocycles. The second-order valence-electron chi connectivity index (χ2n) is 3.34. The average Bonchev–Trinajstić information content (AvgIpc) is 1.81. The molecule has 0 atom stereocenters. The number of hydrogen-bond acceptors (Lipinski definition) is 3. The topological polar surface area (TPSA) is 53.0 Å². The van der Waals surface area contributed by atoms with Gasteiger partial charge in [0.2, 0.25) is 0 Å². The van der Waals surface area contributed by atoms with E-state index in [4.69, 9.17) is 11.0 Å². The van der Waals surface area contributed by atoms with Crippen molar-refractivity contribution in [1.29, 1.82) is 5.26 Å². The number of rotatable bonds is 1. The summed E-state index contributed by atoms with van der Waals surface area (Å²) >= 11 is 0. The van der Waals surface area contributed by atoms with Crippen LogP contribution in [0.2, 0.25) is 0 Å². The van der Waals surface area contributed by atoms with Crippen LogP contribution in [0.5, 0.6) is 0 Å². The molecule has 2 N–H and O–H groups in total. The third-order valence-corrected chi connectivity index (χ3v) is 1.97. The molecule has 0 amide bonds. The fourth-order valence-electron chi connectivity index (χ4n) is 1.04. The van der Waals surface area contributed by atoms with Gasteiger partial charge in [0.25, 0.3) is 0 Å². The van der Waals surface area contributed by atoms with Crippen molar-refractivity contribution in [2.45, 2.75) is 25.4 Å². The monoisotopic (exact) mass is 139 g/mol. The minimum absolute atomic E-state index is 0.285. The van der Waals surface area contributed by atoms with E-state index in [9.17, 15) is 0 Å². The maximum Gasteiger partial charge on any atom is 0.103 e. The molecule has 3 nitrogen and oxygen atoms in total. The van der Waals surface area contributed by atoms with E-state index in [2.05, 4.69) is 11.0 Å². The molecular formula is C7H13N3. The summed E-state index contributed by atoms with van der Waals surface area (Å²) in [5.41, 5.74) is 5.25. The number of hydrogen-bond donors (Lipinski definition) is 1. The van der Waals surface area contributed by atoms with Gasteiger partial charge in [0.05, 0.1) is 6.07 Å². The average molecular weight is 139 g/mol. The second-order valence-corrected chi connectivity index (χ2v) is 3.34. The molecule has 0 aromatic carbocycles. The third kappa shape index (κ3) is 1.13. The van der Waals surface area contributed by atoms with E-state index in [1.54, 1.807) is 0 Å². The molecule has 0 bridgehead atoms. The van der Waals surface area contributed by atoms with Crippen LogP contribution in [0.1, 0.15) is 13.8 Å². The van der Waals surface area contributed by atoms with Crippen LogP contribution in [0, 0.1) is 11.3 Å². The lowest BCUT2D eigenvalue weighted by Gasteiger charge is -2.44. The van der Waals surface area contributed by atoms with Crippen molar-refractivity contribution in [3.8, 4) is 6.07 Å². The first-order valence-corrected chi connectivity index (χ1v) is 3.48. The Morgan fingerprint density at radius 1 is 1.60 bits per heavy atom. The molecule has 1 fully saturated rings. The molecule has 1 aliphatic rings. The third-order valence-electron chi connectivity index (χ3n) is 1.97. The highest BCUT2D eigenvalue weighted by Crippen LogP contribution is 2.19. The predicted molar refractivity (Wildman–Crippen MR) is 39.2 cm³/mol. The first-order valence-electron chi connectivity index (χ1n) is 3.48. The van der Waals surface area contributed by atoms with E-state index in [0.29, 0.717) is 0 Å². The van der Waals surface area contributed by atoms with Crippen molar-refractivity contribution in [2.24, 2.45) is 5.73 Å². The van der Waals surface area contributed by atoms with Gasteiger partial charge in [-0.1, -0.05) is 0 Å². The molecule has 0 radical (unpaired) electrons. The van der Waals surface area contributed by atoms with Gasteiger partial charge in [0.15, 0.2) is 0 Å². The van der Waals surface area contributed by atoms with Gasteiger partial charge in [-0.05, 0) is 13.8 Å². The van der Waals surface area contributed by atoms with Crippen LogP contribution in [0.4, 0.5) is 0 Å². The largest absolute Gasteiger partial charge is 0.325 e. The minimum Gasteiger partial charge on any atom is -0.325 e. The molecule has 56 valence electrons. The summed E-state index contributed by atoms with van der Waals surface area (Å²) in [5.74, 6) is 0. The van der Waals surface area contributed by atoms with E-state index < -0.39 is 0 Å². The van der Waals surface area contributed by atoms with Crippen molar-refractivity contribution < 1.29 is 0 Å². The van der Waals surface area contributed by atoms with Gasteiger partial charge in [0, 0.05) is 19.1 Å². The Morgan fingerprint density at radius 2 is 2.10 bits per heavy atom. The molecule has 1 aliphatic heterocycles. The summed E-state index contributed by atoms with van der Waals surface area (Å²) in [6.07, 6.45) is 0. The molecule has 1 rings (SSSR count). The number of nitriles is 1. The van der Waals surface area contributed by atoms with Gasteiger partial charge in [0.1, 0.15) is 5.54 Å². The van der Waals surface area contributed by atoms with Gasteiger partial charge in [-0.2, -0.15) is 5.26 Å². The quantitative estimate of drug-likeness (QED) is 0.553. The summed E-state index contributed by atoms with van der Waals surface area (Å²) in [4.78, 5) is 2.08. The zero-order valence-corrected chi connectivity index (χ0v) is 6.46. The van der Waals surface area contributed by atoms with E-state index in [1.807, 2.05) is 13.8 Å². The van der Waals surface area contributed by atoms with Gasteiger partial charge >= 0.3 is 0 Å². The Labute approximate surface area is 61.4 Å². The number of likely N-dealkylation sites (tertiary alicyclic amines) is 1. The van der Waals surface area contributed by atoms with Crippen LogP contribution >= 0.6 is 0 Å². The zero-order valence-electron chi connectivity index (χ0n) is 6.46. The minimum atomic E-state index is -0.324. The van der Waals surface area contributed by atoms with Gasteiger partial charge in [-0.25, -0.2) is 0 Å². The molecule has 0 aromatic heterocycles. The summed E-state index contributed by atoms with van der Waals surface area (Å²) < 4.78 is 0. The van der Waals surface area contributed by atoms with E-state index in [-0.39, 0.29) is 11.6 Å². The summed E-state index contributed by atoms with van der Waals surface area (Å²) in [6, 6.07) is 2.52. The highest BCUT2D eigenvalue weighted by molar-refractivity contribution is 5.06. The van der Waals surface area contributed by atoms with Crippen molar-refractivity contribution in [3.05, 3.63) is 0 Å². The SMILES string of the molecule is CC(C)(C#N)N1CC(N)C1. The fourth-order valence-corrected chi connectivity index (χ4v) is 1.04. The zero-order chi connectivity index (χ0) is 7.78. The maximum atomic E-state index is 8.68. The highest BCUT2D eigenvalue weighted by atomic mass is 15.3. The Bertz CT molecular complexity index is 162. The molecule has 0 aromatic rings. The molecule has 0 saturated carbocycles. The fraction of sp³-hybridized carbons (Fsp3) is 0.857. The molecule has 0 unspecified atom stereocenters. The Kier molecular flexibility index (Phi) is 1.67. The summed E-state index contributed by atoms with van der Waals surface area (Å²) in [6.45, 7) is 5.55. The molecular weight excluding hydrogens is 126 g/mol. The lowest BCUT2D eigenvalue weighted by Crippen LogP contribution is -2.62. The van der Waals surface area contributed by atoms with Gasteiger partial charge < -0.3 is 5.73 Å². The van der Waals surface area contributed by atoms with Crippen LogP contribution in [-0.2, 0) is 0 Å². The van der Waals surface area contributed by atoms with Crippen LogP contribution in [-0.4, -0.2) is 29.6 Å². The summed E-state index contributed by atoms with van der Waals surface area (Å²) in [5, 5.41) is 8.68. The summed E-state index contributed by atoms with van der Waals surface area (Å²) in [7, 11) is 0. The molecule has 1 saturated heterocycles. The van der Waals surface area contributed by atoms with Crippen molar-refractivity contribution in [3.63, 3.8) is 0 Å². The van der Waals surface area contributed by atoms with Crippen molar-refractivity contribution >= 4 is 0 Å².